The minimum atomic E-state index is -0.957. The molecule has 0 aromatic carbocycles. The Morgan fingerprint density at radius 1 is 1.57 bits per heavy atom. The molecule has 14 heavy (non-hydrogen) atoms. The van der Waals surface area contributed by atoms with Crippen molar-refractivity contribution in [2.24, 2.45) is 5.92 Å². The first-order valence-electron chi connectivity index (χ1n) is 4.60. The summed E-state index contributed by atoms with van der Waals surface area (Å²) >= 11 is 0. The van der Waals surface area contributed by atoms with E-state index in [1.54, 1.807) is 0 Å². The van der Waals surface area contributed by atoms with Crippen molar-refractivity contribution in [1.82, 2.24) is 5.32 Å². The summed E-state index contributed by atoms with van der Waals surface area (Å²) in [7, 11) is 0. The number of hydrogen-bond acceptors (Lipinski definition) is 2. The minimum absolute atomic E-state index is 0.113. The van der Waals surface area contributed by atoms with Crippen LogP contribution in [0.5, 0.6) is 0 Å². The highest BCUT2D eigenvalue weighted by atomic mass is 16.4. The van der Waals surface area contributed by atoms with Crippen molar-refractivity contribution in [3.05, 3.63) is 0 Å². The highest BCUT2D eigenvalue weighted by Gasteiger charge is 2.36. The monoisotopic (exact) mass is 195 g/mol. The lowest BCUT2D eigenvalue weighted by Gasteiger charge is -2.12. The molecule has 1 atom stereocenters. The van der Waals surface area contributed by atoms with E-state index >= 15 is 0 Å². The number of amides is 1. The van der Waals surface area contributed by atoms with Crippen molar-refractivity contribution < 1.29 is 14.7 Å². The van der Waals surface area contributed by atoms with Crippen LogP contribution < -0.4 is 5.32 Å². The molecular weight excluding hydrogens is 182 g/mol. The predicted molar refractivity (Wildman–Crippen MR) is 50.4 cm³/mol. The van der Waals surface area contributed by atoms with E-state index in [0.29, 0.717) is 6.42 Å². The third-order valence-electron chi connectivity index (χ3n) is 2.17. The normalized spacial score (nSPS) is 16.8. The van der Waals surface area contributed by atoms with Crippen LogP contribution in [0.2, 0.25) is 0 Å². The van der Waals surface area contributed by atoms with Crippen molar-refractivity contribution in [3.63, 3.8) is 0 Å². The number of rotatable bonds is 5. The second-order valence-corrected chi connectivity index (χ2v) is 3.42. The average molecular weight is 195 g/mol. The third-order valence-corrected chi connectivity index (χ3v) is 2.17. The lowest BCUT2D eigenvalue weighted by Crippen LogP contribution is -2.42. The van der Waals surface area contributed by atoms with Gasteiger partial charge in [-0.25, -0.2) is 4.79 Å². The molecule has 0 aromatic heterocycles. The molecule has 4 heteroatoms. The fourth-order valence-electron chi connectivity index (χ4n) is 1.24. The molecule has 0 bridgehead atoms. The van der Waals surface area contributed by atoms with Crippen LogP contribution in [0.4, 0.5) is 0 Å². The molecule has 76 valence electrons. The Bertz CT molecular complexity index is 276. The van der Waals surface area contributed by atoms with Gasteiger partial charge in [-0.15, -0.1) is 12.3 Å². The van der Waals surface area contributed by atoms with Crippen molar-refractivity contribution in [3.8, 4) is 12.3 Å². The SMILES string of the molecule is C#CCCC(=O)NC(C(=O)O)C1CC1. The maximum Gasteiger partial charge on any atom is 0.326 e. The topological polar surface area (TPSA) is 66.4 Å². The highest BCUT2D eigenvalue weighted by Crippen LogP contribution is 2.32. The van der Waals surface area contributed by atoms with Gasteiger partial charge in [0.1, 0.15) is 6.04 Å². The molecule has 0 heterocycles. The Balaban J connectivity index is 2.36. The van der Waals surface area contributed by atoms with Gasteiger partial charge >= 0.3 is 5.97 Å². The van der Waals surface area contributed by atoms with Gasteiger partial charge in [0.05, 0.1) is 0 Å². The summed E-state index contributed by atoms with van der Waals surface area (Å²) in [5, 5.41) is 11.3. The maximum absolute atomic E-state index is 11.2. The molecule has 1 aliphatic rings. The Morgan fingerprint density at radius 3 is 2.64 bits per heavy atom. The van der Waals surface area contributed by atoms with Gasteiger partial charge in [-0.2, -0.15) is 0 Å². The van der Waals surface area contributed by atoms with E-state index in [4.69, 9.17) is 11.5 Å². The number of terminal acetylenes is 1. The number of carboxylic acid groups (broad SMARTS) is 1. The largest absolute Gasteiger partial charge is 0.480 e. The summed E-state index contributed by atoms with van der Waals surface area (Å²) < 4.78 is 0. The third kappa shape index (κ3) is 3.09. The van der Waals surface area contributed by atoms with Crippen molar-refractivity contribution in [1.29, 1.82) is 0 Å². The Hall–Kier alpha value is -1.50. The molecule has 1 rings (SSSR count). The molecule has 1 aliphatic carbocycles. The minimum Gasteiger partial charge on any atom is -0.480 e. The van der Waals surface area contributed by atoms with Crippen LogP contribution >= 0.6 is 0 Å². The number of carbonyl (C=O) groups excluding carboxylic acids is 1. The average Bonchev–Trinajstić information content (AvgIpc) is 2.93. The molecule has 0 aromatic rings. The van der Waals surface area contributed by atoms with E-state index in [-0.39, 0.29) is 18.2 Å². The van der Waals surface area contributed by atoms with Gasteiger partial charge in [0.25, 0.3) is 0 Å². The molecule has 1 saturated carbocycles. The van der Waals surface area contributed by atoms with E-state index in [1.165, 1.54) is 0 Å². The van der Waals surface area contributed by atoms with Crippen LogP contribution in [0.3, 0.4) is 0 Å². The highest BCUT2D eigenvalue weighted by molar-refractivity contribution is 5.84. The standard InChI is InChI=1S/C10H13NO3/c1-2-3-4-8(12)11-9(10(13)14)7-5-6-7/h1,7,9H,3-6H2,(H,11,12)(H,13,14). The van der Waals surface area contributed by atoms with Crippen LogP contribution in [0.15, 0.2) is 0 Å². The second kappa shape index (κ2) is 4.66. The van der Waals surface area contributed by atoms with Gasteiger partial charge in [-0.3, -0.25) is 4.79 Å². The van der Waals surface area contributed by atoms with E-state index in [1.807, 2.05) is 0 Å². The molecule has 0 spiro atoms. The number of hydrogen-bond donors (Lipinski definition) is 2. The quantitative estimate of drug-likeness (QED) is 0.623. The summed E-state index contributed by atoms with van der Waals surface area (Å²) in [6.07, 6.45) is 7.31. The smallest absolute Gasteiger partial charge is 0.326 e. The molecular formula is C10H13NO3. The van der Waals surface area contributed by atoms with Crippen molar-refractivity contribution in [2.45, 2.75) is 31.7 Å². The molecule has 1 amide bonds. The zero-order valence-corrected chi connectivity index (χ0v) is 7.82. The van der Waals surface area contributed by atoms with Gasteiger partial charge in [0, 0.05) is 12.8 Å². The Morgan fingerprint density at radius 2 is 2.21 bits per heavy atom. The van der Waals surface area contributed by atoms with Gasteiger partial charge in [0.15, 0.2) is 0 Å². The van der Waals surface area contributed by atoms with Crippen LogP contribution in [-0.2, 0) is 9.59 Å². The zero-order chi connectivity index (χ0) is 10.6. The molecule has 4 nitrogen and oxygen atoms in total. The van der Waals surface area contributed by atoms with E-state index in [9.17, 15) is 9.59 Å². The van der Waals surface area contributed by atoms with Crippen molar-refractivity contribution >= 4 is 11.9 Å². The van der Waals surface area contributed by atoms with E-state index in [2.05, 4.69) is 11.2 Å². The predicted octanol–water partition coefficient (Wildman–Crippen LogP) is 0.379. The van der Waals surface area contributed by atoms with Crippen LogP contribution in [-0.4, -0.2) is 23.0 Å². The summed E-state index contributed by atoms with van der Waals surface area (Å²) in [6.45, 7) is 0. The Labute approximate surface area is 82.7 Å². The lowest BCUT2D eigenvalue weighted by molar-refractivity contribution is -0.142. The summed E-state index contributed by atoms with van der Waals surface area (Å²) in [5.74, 6) is 1.22. The zero-order valence-electron chi connectivity index (χ0n) is 7.82. The van der Waals surface area contributed by atoms with Crippen LogP contribution in [0.25, 0.3) is 0 Å². The first kappa shape index (κ1) is 10.6. The fourth-order valence-corrected chi connectivity index (χ4v) is 1.24. The maximum atomic E-state index is 11.2. The Kier molecular flexibility index (Phi) is 3.52. The van der Waals surface area contributed by atoms with E-state index < -0.39 is 12.0 Å². The van der Waals surface area contributed by atoms with Gasteiger partial charge in [-0.05, 0) is 18.8 Å². The number of carbonyl (C=O) groups is 2. The van der Waals surface area contributed by atoms with Crippen LogP contribution in [0, 0.1) is 18.3 Å². The lowest BCUT2D eigenvalue weighted by atomic mass is 10.2. The molecule has 1 unspecified atom stereocenters. The van der Waals surface area contributed by atoms with Crippen LogP contribution in [0.1, 0.15) is 25.7 Å². The second-order valence-electron chi connectivity index (χ2n) is 3.42. The molecule has 0 radical (unpaired) electrons. The number of carboxylic acids is 1. The van der Waals surface area contributed by atoms with E-state index in [0.717, 1.165) is 12.8 Å². The summed E-state index contributed by atoms with van der Waals surface area (Å²) in [6, 6.07) is -0.722. The molecule has 1 fully saturated rings. The molecule has 2 N–H and O–H groups in total. The molecule has 0 saturated heterocycles. The number of aliphatic carboxylic acids is 1. The van der Waals surface area contributed by atoms with Gasteiger partial charge < -0.3 is 10.4 Å². The summed E-state index contributed by atoms with van der Waals surface area (Å²) in [5.41, 5.74) is 0. The molecule has 0 aliphatic heterocycles. The fraction of sp³-hybridized carbons (Fsp3) is 0.600. The van der Waals surface area contributed by atoms with Gasteiger partial charge in [-0.1, -0.05) is 0 Å². The first-order chi connectivity index (χ1) is 6.65. The van der Waals surface area contributed by atoms with Crippen molar-refractivity contribution in [2.75, 3.05) is 0 Å². The summed E-state index contributed by atoms with van der Waals surface area (Å²) in [4.78, 5) is 21.9. The van der Waals surface area contributed by atoms with Gasteiger partial charge in [0.2, 0.25) is 5.91 Å². The number of nitrogens with one attached hydrogen (secondary N) is 1. The first-order valence-corrected chi connectivity index (χ1v) is 4.60.